The zero-order valence-corrected chi connectivity index (χ0v) is 13.1. The van der Waals surface area contributed by atoms with Crippen LogP contribution in [-0.4, -0.2) is 56.0 Å². The Bertz CT molecular complexity index is 442. The Morgan fingerprint density at radius 3 is 2.50 bits per heavy atom. The second kappa shape index (κ2) is 6.43. The summed E-state index contributed by atoms with van der Waals surface area (Å²) < 4.78 is 29.2. The predicted molar refractivity (Wildman–Crippen MR) is 77.3 cm³/mol. The number of rotatable bonds is 4. The van der Waals surface area contributed by atoms with Crippen LogP contribution >= 0.6 is 0 Å². The van der Waals surface area contributed by atoms with Crippen molar-refractivity contribution in [3.05, 3.63) is 0 Å². The third kappa shape index (κ3) is 3.73. The molecule has 5 nitrogen and oxygen atoms in total. The number of hydrogen-bond acceptors (Lipinski definition) is 5. The predicted octanol–water partition coefficient (Wildman–Crippen LogP) is 1.37. The van der Waals surface area contributed by atoms with Crippen molar-refractivity contribution in [1.29, 1.82) is 0 Å². The van der Waals surface area contributed by atoms with Gasteiger partial charge in [-0.05, 0) is 45.7 Å². The Labute approximate surface area is 121 Å². The van der Waals surface area contributed by atoms with Crippen LogP contribution in [0.2, 0.25) is 0 Å². The van der Waals surface area contributed by atoms with Crippen molar-refractivity contribution in [2.24, 2.45) is 0 Å². The summed E-state index contributed by atoms with van der Waals surface area (Å²) >= 11 is 0. The van der Waals surface area contributed by atoms with Gasteiger partial charge in [0.2, 0.25) is 0 Å². The Morgan fingerprint density at radius 1 is 1.20 bits per heavy atom. The lowest BCUT2D eigenvalue weighted by molar-refractivity contribution is -0.146. The van der Waals surface area contributed by atoms with E-state index in [-0.39, 0.29) is 23.9 Å². The van der Waals surface area contributed by atoms with Gasteiger partial charge in [0.15, 0.2) is 9.84 Å². The van der Waals surface area contributed by atoms with Crippen molar-refractivity contribution in [2.75, 3.05) is 31.2 Å². The van der Waals surface area contributed by atoms with Gasteiger partial charge < -0.3 is 4.74 Å². The Hall–Kier alpha value is -0.620. The number of esters is 1. The second-order valence-corrected chi connectivity index (χ2v) is 8.13. The average molecular weight is 303 g/mol. The average Bonchev–Trinajstić information content (AvgIpc) is 2.38. The highest BCUT2D eigenvalue weighted by atomic mass is 32.2. The summed E-state index contributed by atoms with van der Waals surface area (Å²) in [5, 5.41) is 0. The van der Waals surface area contributed by atoms with Crippen molar-refractivity contribution >= 4 is 15.8 Å². The molecule has 20 heavy (non-hydrogen) atoms. The summed E-state index contributed by atoms with van der Waals surface area (Å²) in [5.74, 6) is 0.0969. The quantitative estimate of drug-likeness (QED) is 0.734. The van der Waals surface area contributed by atoms with Crippen LogP contribution in [0.1, 0.15) is 45.4 Å². The van der Waals surface area contributed by atoms with Crippen LogP contribution in [0.25, 0.3) is 0 Å². The Balaban J connectivity index is 2.19. The van der Waals surface area contributed by atoms with E-state index in [9.17, 15) is 13.2 Å². The molecule has 2 fully saturated rings. The molecule has 2 saturated heterocycles. The van der Waals surface area contributed by atoms with Crippen molar-refractivity contribution < 1.29 is 17.9 Å². The lowest BCUT2D eigenvalue weighted by Gasteiger charge is -2.47. The van der Waals surface area contributed by atoms with Crippen molar-refractivity contribution in [2.45, 2.75) is 51.0 Å². The van der Waals surface area contributed by atoms with Gasteiger partial charge in [0.25, 0.3) is 0 Å². The summed E-state index contributed by atoms with van der Waals surface area (Å²) in [5.41, 5.74) is -0.524. The first kappa shape index (κ1) is 15.8. The number of ether oxygens (including phenoxy) is 1. The molecule has 1 atom stereocenters. The topological polar surface area (TPSA) is 63.7 Å². The van der Waals surface area contributed by atoms with E-state index >= 15 is 0 Å². The van der Waals surface area contributed by atoms with Gasteiger partial charge in [-0.25, -0.2) is 8.42 Å². The van der Waals surface area contributed by atoms with Crippen molar-refractivity contribution in [1.82, 2.24) is 4.90 Å². The highest BCUT2D eigenvalue weighted by Crippen LogP contribution is 2.34. The van der Waals surface area contributed by atoms with Gasteiger partial charge in [-0.3, -0.25) is 9.69 Å². The number of likely N-dealkylation sites (tertiary alicyclic amines) is 1. The van der Waals surface area contributed by atoms with Gasteiger partial charge in [0.05, 0.1) is 24.5 Å². The zero-order chi connectivity index (χ0) is 14.6. The van der Waals surface area contributed by atoms with Gasteiger partial charge in [-0.2, -0.15) is 0 Å². The molecule has 0 amide bonds. The highest BCUT2D eigenvalue weighted by Gasteiger charge is 2.45. The maximum Gasteiger partial charge on any atom is 0.307 e. The van der Waals surface area contributed by atoms with Crippen LogP contribution in [0, 0.1) is 0 Å². The molecule has 0 bridgehead atoms. The second-order valence-electron chi connectivity index (χ2n) is 5.95. The van der Waals surface area contributed by atoms with E-state index in [1.807, 2.05) is 0 Å². The number of piperidine rings is 1. The molecule has 0 aromatic rings. The standard InChI is InChI=1S/C14H25NO4S/c1-2-19-13(16)11-14(15-8-4-3-5-9-15)7-6-10-20(17,18)12-14/h2-12H2,1H3. The van der Waals surface area contributed by atoms with Gasteiger partial charge in [-0.1, -0.05) is 6.42 Å². The molecule has 116 valence electrons. The SMILES string of the molecule is CCOC(=O)CC1(N2CCCCC2)CCCS(=O)(=O)C1. The monoisotopic (exact) mass is 303 g/mol. The minimum atomic E-state index is -3.05. The van der Waals surface area contributed by atoms with Gasteiger partial charge >= 0.3 is 5.97 Å². The van der Waals surface area contributed by atoms with E-state index in [2.05, 4.69) is 4.90 Å². The molecule has 1 unspecified atom stereocenters. The zero-order valence-electron chi connectivity index (χ0n) is 12.3. The van der Waals surface area contributed by atoms with E-state index < -0.39 is 15.4 Å². The largest absolute Gasteiger partial charge is 0.466 e. The first-order valence-electron chi connectivity index (χ1n) is 7.58. The molecule has 0 radical (unpaired) electrons. The van der Waals surface area contributed by atoms with Crippen LogP contribution in [-0.2, 0) is 19.4 Å². The van der Waals surface area contributed by atoms with Crippen molar-refractivity contribution in [3.8, 4) is 0 Å². The molecule has 0 saturated carbocycles. The summed E-state index contributed by atoms with van der Waals surface area (Å²) in [6.07, 6.45) is 5.01. The van der Waals surface area contributed by atoms with Gasteiger partial charge in [0.1, 0.15) is 0 Å². The molecule has 0 spiro atoms. The Kier molecular flexibility index (Phi) is 5.07. The number of carbonyl (C=O) groups excluding carboxylic acids is 1. The van der Waals surface area contributed by atoms with Crippen LogP contribution < -0.4 is 0 Å². The molecule has 2 rings (SSSR count). The first-order chi connectivity index (χ1) is 9.47. The van der Waals surface area contributed by atoms with E-state index in [0.717, 1.165) is 32.4 Å². The number of carbonyl (C=O) groups is 1. The summed E-state index contributed by atoms with van der Waals surface area (Å²) in [7, 11) is -3.05. The fourth-order valence-corrected chi connectivity index (χ4v) is 5.50. The molecule has 2 aliphatic rings. The van der Waals surface area contributed by atoms with Crippen LogP contribution in [0.4, 0.5) is 0 Å². The third-order valence-corrected chi connectivity index (χ3v) is 6.28. The number of hydrogen-bond donors (Lipinski definition) is 0. The molecule has 0 aromatic heterocycles. The summed E-state index contributed by atoms with van der Waals surface area (Å²) in [6.45, 7) is 3.93. The van der Waals surface area contributed by atoms with E-state index in [1.54, 1.807) is 6.92 Å². The molecule has 2 heterocycles. The molecule has 0 aromatic carbocycles. The lowest BCUT2D eigenvalue weighted by Crippen LogP contribution is -2.58. The fourth-order valence-electron chi connectivity index (χ4n) is 3.52. The van der Waals surface area contributed by atoms with E-state index in [0.29, 0.717) is 13.0 Å². The Morgan fingerprint density at radius 2 is 1.90 bits per heavy atom. The minimum Gasteiger partial charge on any atom is -0.466 e. The third-order valence-electron chi connectivity index (χ3n) is 4.39. The molecule has 6 heteroatoms. The number of sulfone groups is 1. The first-order valence-corrected chi connectivity index (χ1v) is 9.41. The minimum absolute atomic E-state index is 0.110. The normalized spacial score (nSPS) is 30.9. The maximum absolute atomic E-state index is 12.1. The van der Waals surface area contributed by atoms with Gasteiger partial charge in [0, 0.05) is 5.54 Å². The summed E-state index contributed by atoms with van der Waals surface area (Å²) in [4.78, 5) is 14.2. The summed E-state index contributed by atoms with van der Waals surface area (Å²) in [6, 6.07) is 0. The van der Waals surface area contributed by atoms with Crippen molar-refractivity contribution in [3.63, 3.8) is 0 Å². The number of nitrogens with zero attached hydrogens (tertiary/aromatic N) is 1. The molecular formula is C14H25NO4S. The van der Waals surface area contributed by atoms with Crippen LogP contribution in [0.15, 0.2) is 0 Å². The van der Waals surface area contributed by atoms with Crippen LogP contribution in [0.3, 0.4) is 0 Å². The highest BCUT2D eigenvalue weighted by molar-refractivity contribution is 7.91. The fraction of sp³-hybridized carbons (Fsp3) is 0.929. The smallest absolute Gasteiger partial charge is 0.307 e. The lowest BCUT2D eigenvalue weighted by atomic mass is 9.87. The maximum atomic E-state index is 12.1. The molecule has 2 aliphatic heterocycles. The van der Waals surface area contributed by atoms with E-state index in [1.165, 1.54) is 6.42 Å². The van der Waals surface area contributed by atoms with E-state index in [4.69, 9.17) is 4.74 Å². The molecule has 0 N–H and O–H groups in total. The molecule has 0 aliphatic carbocycles. The van der Waals surface area contributed by atoms with Gasteiger partial charge in [-0.15, -0.1) is 0 Å². The van der Waals surface area contributed by atoms with Crippen LogP contribution in [0.5, 0.6) is 0 Å². The molecular weight excluding hydrogens is 278 g/mol.